The van der Waals surface area contributed by atoms with Crippen molar-refractivity contribution < 1.29 is 0 Å². The Bertz CT molecular complexity index is 604. The van der Waals surface area contributed by atoms with Gasteiger partial charge in [-0.05, 0) is 49.1 Å². The molecule has 1 heterocycles. The summed E-state index contributed by atoms with van der Waals surface area (Å²) in [6.07, 6.45) is 3.86. The molecule has 0 radical (unpaired) electrons. The van der Waals surface area contributed by atoms with Crippen LogP contribution >= 0.6 is 0 Å². The molecule has 16 heavy (non-hydrogen) atoms. The Kier molecular flexibility index (Phi) is 1.79. The maximum atomic E-state index is 9.17. The van der Waals surface area contributed by atoms with E-state index in [2.05, 4.69) is 23.2 Å². The van der Waals surface area contributed by atoms with Crippen LogP contribution in [0.3, 0.4) is 0 Å². The lowest BCUT2D eigenvalue weighted by atomic mass is 9.96. The molecule has 0 spiro atoms. The fraction of sp³-hybridized carbons (Fsp3) is 0.286. The number of nitriles is 1. The molecule has 0 unspecified atom stereocenters. The number of hydrogen-bond donors (Lipinski definition) is 0. The Morgan fingerprint density at radius 2 is 2.12 bits per heavy atom. The molecule has 2 heteroatoms. The van der Waals surface area contributed by atoms with Crippen LogP contribution in [0.4, 0.5) is 0 Å². The van der Waals surface area contributed by atoms with Gasteiger partial charge in [-0.3, -0.25) is 4.98 Å². The first-order valence-electron chi connectivity index (χ1n) is 5.52. The Morgan fingerprint density at radius 1 is 1.31 bits per heavy atom. The third kappa shape index (κ3) is 1.29. The van der Waals surface area contributed by atoms with Gasteiger partial charge in [0.2, 0.25) is 0 Å². The van der Waals surface area contributed by atoms with E-state index in [0.29, 0.717) is 0 Å². The molecule has 0 N–H and O–H groups in total. The first kappa shape index (κ1) is 9.35. The van der Waals surface area contributed by atoms with E-state index in [1.54, 1.807) is 0 Å². The van der Waals surface area contributed by atoms with Crippen molar-refractivity contribution >= 4 is 10.9 Å². The molecule has 1 aliphatic rings. The third-order valence-corrected chi connectivity index (χ3v) is 3.33. The number of benzene rings is 1. The van der Waals surface area contributed by atoms with E-state index in [0.717, 1.165) is 34.9 Å². The van der Waals surface area contributed by atoms with E-state index in [-0.39, 0.29) is 5.41 Å². The summed E-state index contributed by atoms with van der Waals surface area (Å²) >= 11 is 0. The predicted octanol–water partition coefficient (Wildman–Crippen LogP) is 3.10. The van der Waals surface area contributed by atoms with Crippen LogP contribution in [-0.2, 0) is 5.41 Å². The van der Waals surface area contributed by atoms with Gasteiger partial charge in [-0.15, -0.1) is 0 Å². The molecule has 1 aromatic heterocycles. The van der Waals surface area contributed by atoms with Crippen molar-refractivity contribution in [3.05, 3.63) is 41.6 Å². The summed E-state index contributed by atoms with van der Waals surface area (Å²) in [6, 6.07) is 10.7. The van der Waals surface area contributed by atoms with E-state index < -0.39 is 0 Å². The van der Waals surface area contributed by atoms with Gasteiger partial charge in [-0.2, -0.15) is 5.26 Å². The summed E-state index contributed by atoms with van der Waals surface area (Å²) < 4.78 is 0. The molecule has 0 saturated heterocycles. The largest absolute Gasteiger partial charge is 0.256 e. The maximum absolute atomic E-state index is 9.17. The Hall–Kier alpha value is -1.88. The SMILES string of the molecule is Cc1cnc2ccc(C3(C#N)CC3)cc2c1. The smallest absolute Gasteiger partial charge is 0.0824 e. The van der Waals surface area contributed by atoms with E-state index in [1.807, 2.05) is 25.3 Å². The molecule has 3 rings (SSSR count). The number of pyridine rings is 1. The van der Waals surface area contributed by atoms with E-state index >= 15 is 0 Å². The summed E-state index contributed by atoms with van der Waals surface area (Å²) in [5, 5.41) is 10.3. The first-order chi connectivity index (χ1) is 7.73. The normalized spacial score (nSPS) is 17.0. The summed E-state index contributed by atoms with van der Waals surface area (Å²) in [6.45, 7) is 2.04. The quantitative estimate of drug-likeness (QED) is 0.722. The van der Waals surface area contributed by atoms with Gasteiger partial charge in [0, 0.05) is 11.6 Å². The second-order valence-corrected chi connectivity index (χ2v) is 4.61. The van der Waals surface area contributed by atoms with Crippen LogP contribution in [0, 0.1) is 18.3 Å². The van der Waals surface area contributed by atoms with Crippen molar-refractivity contribution in [1.29, 1.82) is 5.26 Å². The highest BCUT2D eigenvalue weighted by atomic mass is 14.6. The molecule has 0 aliphatic heterocycles. The minimum absolute atomic E-state index is 0.196. The third-order valence-electron chi connectivity index (χ3n) is 3.33. The summed E-state index contributed by atoms with van der Waals surface area (Å²) in [5.41, 5.74) is 3.11. The number of hydrogen-bond acceptors (Lipinski definition) is 2. The minimum atomic E-state index is -0.196. The predicted molar refractivity (Wildman–Crippen MR) is 63.0 cm³/mol. The monoisotopic (exact) mass is 208 g/mol. The molecule has 1 saturated carbocycles. The van der Waals surface area contributed by atoms with Crippen molar-refractivity contribution in [2.24, 2.45) is 0 Å². The molecule has 0 atom stereocenters. The number of aromatic nitrogens is 1. The fourth-order valence-electron chi connectivity index (χ4n) is 2.13. The van der Waals surface area contributed by atoms with E-state index in [4.69, 9.17) is 0 Å². The fourth-order valence-corrected chi connectivity index (χ4v) is 2.13. The van der Waals surface area contributed by atoms with Crippen LogP contribution in [0.1, 0.15) is 24.0 Å². The lowest BCUT2D eigenvalue weighted by molar-refractivity contribution is 0.911. The number of fused-ring (bicyclic) bond motifs is 1. The topological polar surface area (TPSA) is 36.7 Å². The minimum Gasteiger partial charge on any atom is -0.256 e. The second kappa shape index (κ2) is 3.05. The van der Waals surface area contributed by atoms with Crippen molar-refractivity contribution in [1.82, 2.24) is 4.98 Å². The Morgan fingerprint density at radius 3 is 2.81 bits per heavy atom. The molecule has 78 valence electrons. The van der Waals surface area contributed by atoms with Crippen LogP contribution in [0.5, 0.6) is 0 Å². The lowest BCUT2D eigenvalue weighted by Gasteiger charge is -2.07. The van der Waals surface area contributed by atoms with Crippen molar-refractivity contribution in [2.75, 3.05) is 0 Å². The van der Waals surface area contributed by atoms with Crippen molar-refractivity contribution in [3.63, 3.8) is 0 Å². The van der Waals surface area contributed by atoms with E-state index in [9.17, 15) is 5.26 Å². The molecule has 0 bridgehead atoms. The molecular formula is C14H12N2. The summed E-state index contributed by atoms with van der Waals surface area (Å²) in [5.74, 6) is 0. The first-order valence-corrected chi connectivity index (χ1v) is 5.52. The molecule has 0 amide bonds. The highest BCUT2D eigenvalue weighted by molar-refractivity contribution is 5.80. The van der Waals surface area contributed by atoms with Crippen LogP contribution in [0.2, 0.25) is 0 Å². The highest BCUT2D eigenvalue weighted by Crippen LogP contribution is 2.47. The molecule has 1 aliphatic carbocycles. The Labute approximate surface area is 94.5 Å². The van der Waals surface area contributed by atoms with E-state index in [1.165, 1.54) is 0 Å². The molecule has 1 aromatic carbocycles. The van der Waals surface area contributed by atoms with Gasteiger partial charge in [0.05, 0.1) is 17.0 Å². The summed E-state index contributed by atoms with van der Waals surface area (Å²) in [4.78, 5) is 4.37. The van der Waals surface area contributed by atoms with Gasteiger partial charge >= 0.3 is 0 Å². The Balaban J connectivity index is 2.20. The van der Waals surface area contributed by atoms with Crippen LogP contribution in [-0.4, -0.2) is 4.98 Å². The maximum Gasteiger partial charge on any atom is 0.0824 e. The number of rotatable bonds is 1. The van der Waals surface area contributed by atoms with Gasteiger partial charge < -0.3 is 0 Å². The number of nitrogens with zero attached hydrogens (tertiary/aromatic N) is 2. The number of aryl methyl sites for hydroxylation is 1. The average molecular weight is 208 g/mol. The van der Waals surface area contributed by atoms with Crippen LogP contribution < -0.4 is 0 Å². The van der Waals surface area contributed by atoms with Crippen molar-refractivity contribution in [3.8, 4) is 6.07 Å². The van der Waals surface area contributed by atoms with Crippen molar-refractivity contribution in [2.45, 2.75) is 25.2 Å². The molecule has 2 aromatic rings. The zero-order valence-corrected chi connectivity index (χ0v) is 9.20. The average Bonchev–Trinajstić information content (AvgIpc) is 3.09. The zero-order chi connectivity index (χ0) is 11.2. The summed E-state index contributed by atoms with van der Waals surface area (Å²) in [7, 11) is 0. The van der Waals surface area contributed by atoms with Gasteiger partial charge in [-0.1, -0.05) is 6.07 Å². The zero-order valence-electron chi connectivity index (χ0n) is 9.20. The van der Waals surface area contributed by atoms with Crippen LogP contribution in [0.15, 0.2) is 30.5 Å². The second-order valence-electron chi connectivity index (χ2n) is 4.61. The van der Waals surface area contributed by atoms with Gasteiger partial charge in [0.25, 0.3) is 0 Å². The molecule has 2 nitrogen and oxygen atoms in total. The highest BCUT2D eigenvalue weighted by Gasteiger charge is 2.44. The van der Waals surface area contributed by atoms with Crippen LogP contribution in [0.25, 0.3) is 10.9 Å². The molecular weight excluding hydrogens is 196 g/mol. The van der Waals surface area contributed by atoms with Gasteiger partial charge in [0.1, 0.15) is 0 Å². The van der Waals surface area contributed by atoms with Gasteiger partial charge in [0.15, 0.2) is 0 Å². The van der Waals surface area contributed by atoms with Gasteiger partial charge in [-0.25, -0.2) is 0 Å². The molecule has 1 fully saturated rings. The standard InChI is InChI=1S/C14H12N2/c1-10-6-11-7-12(14(9-15)4-5-14)2-3-13(11)16-8-10/h2-3,6-8H,4-5H2,1H3. The lowest BCUT2D eigenvalue weighted by Crippen LogP contribution is -2.02.